The van der Waals surface area contributed by atoms with Crippen LogP contribution in [0.4, 0.5) is 5.69 Å². The lowest BCUT2D eigenvalue weighted by Gasteiger charge is -2.16. The van der Waals surface area contributed by atoms with Crippen LogP contribution in [0.1, 0.15) is 25.5 Å². The molecule has 20 heavy (non-hydrogen) atoms. The molecule has 1 heterocycles. The van der Waals surface area contributed by atoms with Gasteiger partial charge in [0.1, 0.15) is 5.02 Å². The van der Waals surface area contributed by atoms with Crippen molar-refractivity contribution in [2.45, 2.75) is 24.8 Å². The zero-order valence-electron chi connectivity index (χ0n) is 11.3. The molecule has 0 saturated heterocycles. The van der Waals surface area contributed by atoms with E-state index in [4.69, 9.17) is 11.6 Å². The molecule has 0 bridgehead atoms. The van der Waals surface area contributed by atoms with E-state index in [1.807, 2.05) is 18.7 Å². The molecule has 0 radical (unpaired) electrons. The normalized spacial score (nSPS) is 12.2. The van der Waals surface area contributed by atoms with Crippen molar-refractivity contribution < 1.29 is 0 Å². The molecule has 1 aromatic heterocycles. The van der Waals surface area contributed by atoms with Crippen molar-refractivity contribution in [3.05, 3.63) is 51.4 Å². The first-order chi connectivity index (χ1) is 9.61. The standard InChI is InChI=1S/C14H16ClN3OS/c1-3-20-11-6-4-10(5-7-11)9(2)17-12-8-16-18-14(19)13(12)15/h4-9H,3H2,1-2H3,(H2,17,18,19). The molecule has 2 aromatic rings. The highest BCUT2D eigenvalue weighted by Crippen LogP contribution is 2.24. The number of anilines is 1. The molecule has 0 spiro atoms. The van der Waals surface area contributed by atoms with Crippen LogP contribution in [0.2, 0.25) is 5.02 Å². The number of aromatic amines is 1. The Balaban J connectivity index is 2.13. The second kappa shape index (κ2) is 6.81. The lowest BCUT2D eigenvalue weighted by atomic mass is 10.1. The molecule has 1 unspecified atom stereocenters. The maximum Gasteiger partial charge on any atom is 0.285 e. The van der Waals surface area contributed by atoms with Crippen molar-refractivity contribution in [1.29, 1.82) is 0 Å². The zero-order valence-corrected chi connectivity index (χ0v) is 12.9. The minimum atomic E-state index is -0.390. The number of benzene rings is 1. The number of hydrogen-bond acceptors (Lipinski definition) is 4. The Morgan fingerprint density at radius 3 is 2.75 bits per heavy atom. The van der Waals surface area contributed by atoms with Gasteiger partial charge in [-0.15, -0.1) is 11.8 Å². The average molecular weight is 310 g/mol. The molecule has 0 aliphatic rings. The molecule has 0 fully saturated rings. The van der Waals surface area contributed by atoms with Gasteiger partial charge in [0.05, 0.1) is 11.9 Å². The van der Waals surface area contributed by atoms with Crippen LogP contribution < -0.4 is 10.9 Å². The zero-order chi connectivity index (χ0) is 14.5. The summed E-state index contributed by atoms with van der Waals surface area (Å²) in [6.45, 7) is 4.14. The van der Waals surface area contributed by atoms with Crippen LogP contribution in [0.3, 0.4) is 0 Å². The fourth-order valence-electron chi connectivity index (χ4n) is 1.82. The number of nitrogens with one attached hydrogen (secondary N) is 2. The van der Waals surface area contributed by atoms with Crippen LogP contribution in [-0.4, -0.2) is 16.0 Å². The van der Waals surface area contributed by atoms with E-state index in [2.05, 4.69) is 46.7 Å². The Morgan fingerprint density at radius 2 is 2.10 bits per heavy atom. The van der Waals surface area contributed by atoms with Crippen LogP contribution in [0.15, 0.2) is 40.2 Å². The van der Waals surface area contributed by atoms with E-state index in [1.165, 1.54) is 11.1 Å². The quantitative estimate of drug-likeness (QED) is 0.827. The molecule has 0 aliphatic carbocycles. The molecular formula is C14H16ClN3OS. The van der Waals surface area contributed by atoms with Crippen molar-refractivity contribution in [3.8, 4) is 0 Å². The summed E-state index contributed by atoms with van der Waals surface area (Å²) < 4.78 is 0. The fourth-order valence-corrected chi connectivity index (χ4v) is 2.63. The van der Waals surface area contributed by atoms with Crippen molar-refractivity contribution in [1.82, 2.24) is 10.2 Å². The van der Waals surface area contributed by atoms with E-state index in [0.717, 1.165) is 11.3 Å². The number of halogens is 1. The van der Waals surface area contributed by atoms with E-state index in [-0.39, 0.29) is 11.1 Å². The summed E-state index contributed by atoms with van der Waals surface area (Å²) in [5.41, 5.74) is 1.27. The van der Waals surface area contributed by atoms with E-state index >= 15 is 0 Å². The van der Waals surface area contributed by atoms with Crippen LogP contribution in [0, 0.1) is 0 Å². The summed E-state index contributed by atoms with van der Waals surface area (Å²) in [6.07, 6.45) is 1.52. The molecule has 2 N–H and O–H groups in total. The first kappa shape index (κ1) is 14.9. The molecule has 0 aliphatic heterocycles. The van der Waals surface area contributed by atoms with Crippen LogP contribution in [-0.2, 0) is 0 Å². The smallest absolute Gasteiger partial charge is 0.285 e. The molecule has 6 heteroatoms. The van der Waals surface area contributed by atoms with E-state index < -0.39 is 5.56 Å². The summed E-state index contributed by atoms with van der Waals surface area (Å²) in [5.74, 6) is 1.06. The van der Waals surface area contributed by atoms with Gasteiger partial charge in [-0.05, 0) is 30.4 Å². The predicted molar refractivity (Wildman–Crippen MR) is 84.7 cm³/mol. The van der Waals surface area contributed by atoms with Gasteiger partial charge in [0.15, 0.2) is 0 Å². The maximum atomic E-state index is 11.4. The highest BCUT2D eigenvalue weighted by atomic mass is 35.5. The lowest BCUT2D eigenvalue weighted by molar-refractivity contribution is 0.873. The van der Waals surface area contributed by atoms with E-state index in [9.17, 15) is 4.79 Å². The summed E-state index contributed by atoms with van der Waals surface area (Å²) in [6, 6.07) is 8.38. The summed E-state index contributed by atoms with van der Waals surface area (Å²) in [5, 5.41) is 9.36. The van der Waals surface area contributed by atoms with Gasteiger partial charge in [0, 0.05) is 10.9 Å². The van der Waals surface area contributed by atoms with Gasteiger partial charge in [-0.25, -0.2) is 5.10 Å². The minimum Gasteiger partial charge on any atom is -0.376 e. The van der Waals surface area contributed by atoms with E-state index in [1.54, 1.807) is 0 Å². The third kappa shape index (κ3) is 3.55. The third-order valence-corrected chi connectivity index (χ3v) is 4.13. The van der Waals surface area contributed by atoms with Crippen molar-refractivity contribution in [2.75, 3.05) is 11.1 Å². The Kier molecular flexibility index (Phi) is 5.09. The second-order valence-corrected chi connectivity index (χ2v) is 6.01. The largest absolute Gasteiger partial charge is 0.376 e. The Labute approximate surface area is 126 Å². The van der Waals surface area contributed by atoms with Gasteiger partial charge in [-0.3, -0.25) is 4.79 Å². The summed E-state index contributed by atoms with van der Waals surface area (Å²) >= 11 is 7.75. The van der Waals surface area contributed by atoms with Gasteiger partial charge in [-0.1, -0.05) is 30.7 Å². The van der Waals surface area contributed by atoms with Gasteiger partial charge in [-0.2, -0.15) is 5.10 Å². The first-order valence-electron chi connectivity index (χ1n) is 6.34. The first-order valence-corrected chi connectivity index (χ1v) is 7.70. The molecule has 2 rings (SSSR count). The Bertz CT molecular complexity index is 627. The maximum absolute atomic E-state index is 11.4. The third-order valence-electron chi connectivity index (χ3n) is 2.86. The van der Waals surface area contributed by atoms with Gasteiger partial charge < -0.3 is 5.32 Å². The Hall–Kier alpha value is -1.46. The number of nitrogens with zero attached hydrogens (tertiary/aromatic N) is 1. The number of thioether (sulfide) groups is 1. The SMILES string of the molecule is CCSc1ccc(C(C)Nc2cn[nH]c(=O)c2Cl)cc1. The summed E-state index contributed by atoms with van der Waals surface area (Å²) in [4.78, 5) is 12.6. The van der Waals surface area contributed by atoms with Crippen molar-refractivity contribution in [2.24, 2.45) is 0 Å². The molecule has 106 valence electrons. The number of aromatic nitrogens is 2. The second-order valence-electron chi connectivity index (χ2n) is 4.29. The average Bonchev–Trinajstić information content (AvgIpc) is 2.45. The number of hydrogen-bond donors (Lipinski definition) is 2. The monoisotopic (exact) mass is 309 g/mol. The molecule has 1 aromatic carbocycles. The predicted octanol–water partition coefficient (Wildman–Crippen LogP) is 3.71. The Morgan fingerprint density at radius 1 is 1.40 bits per heavy atom. The molecule has 1 atom stereocenters. The van der Waals surface area contributed by atoms with Crippen molar-refractivity contribution in [3.63, 3.8) is 0 Å². The summed E-state index contributed by atoms with van der Waals surface area (Å²) in [7, 11) is 0. The van der Waals surface area contributed by atoms with Gasteiger partial charge >= 0.3 is 0 Å². The van der Waals surface area contributed by atoms with Crippen LogP contribution in [0.25, 0.3) is 0 Å². The molecule has 4 nitrogen and oxygen atoms in total. The van der Waals surface area contributed by atoms with Crippen LogP contribution in [0.5, 0.6) is 0 Å². The van der Waals surface area contributed by atoms with Crippen molar-refractivity contribution >= 4 is 29.1 Å². The highest BCUT2D eigenvalue weighted by Gasteiger charge is 2.10. The topological polar surface area (TPSA) is 57.8 Å². The molecule has 0 amide bonds. The number of H-pyrrole nitrogens is 1. The van der Waals surface area contributed by atoms with Crippen LogP contribution >= 0.6 is 23.4 Å². The van der Waals surface area contributed by atoms with Gasteiger partial charge in [0.2, 0.25) is 0 Å². The fraction of sp³-hybridized carbons (Fsp3) is 0.286. The lowest BCUT2D eigenvalue weighted by Crippen LogP contribution is -2.14. The molecule has 0 saturated carbocycles. The van der Waals surface area contributed by atoms with E-state index in [0.29, 0.717) is 5.69 Å². The highest BCUT2D eigenvalue weighted by molar-refractivity contribution is 7.99. The number of rotatable bonds is 5. The molecular weight excluding hydrogens is 294 g/mol. The van der Waals surface area contributed by atoms with Gasteiger partial charge in [0.25, 0.3) is 5.56 Å². The minimum absolute atomic E-state index is 0.0387.